The second kappa shape index (κ2) is 8.05. The molecule has 0 aliphatic rings. The fourth-order valence-corrected chi connectivity index (χ4v) is 1.99. The first-order valence-electron chi connectivity index (χ1n) is 6.80. The number of ether oxygens (including phenoxy) is 1. The van der Waals surface area contributed by atoms with Crippen molar-refractivity contribution in [1.82, 2.24) is 0 Å². The van der Waals surface area contributed by atoms with Crippen LogP contribution in [0.5, 0.6) is 0 Å². The number of halogens is 1. The molecule has 0 aromatic heterocycles. The van der Waals surface area contributed by atoms with Gasteiger partial charge in [0.05, 0.1) is 17.3 Å². The number of nitrogens with one attached hydrogen (secondary N) is 1. The van der Waals surface area contributed by atoms with Gasteiger partial charge in [0.15, 0.2) is 0 Å². The van der Waals surface area contributed by atoms with Crippen LogP contribution in [0.3, 0.4) is 0 Å². The fourth-order valence-electron chi connectivity index (χ4n) is 1.74. The van der Waals surface area contributed by atoms with E-state index >= 15 is 0 Å². The van der Waals surface area contributed by atoms with Crippen molar-refractivity contribution in [2.24, 2.45) is 0 Å². The van der Waals surface area contributed by atoms with E-state index in [2.05, 4.69) is 19.2 Å². The van der Waals surface area contributed by atoms with Crippen LogP contribution in [0.15, 0.2) is 18.2 Å². The molecule has 19 heavy (non-hydrogen) atoms. The highest BCUT2D eigenvalue weighted by atomic mass is 35.5. The van der Waals surface area contributed by atoms with Gasteiger partial charge in [0.2, 0.25) is 0 Å². The first-order chi connectivity index (χ1) is 9.10. The Hall–Kier alpha value is -1.22. The van der Waals surface area contributed by atoms with E-state index < -0.39 is 6.04 Å². The first kappa shape index (κ1) is 15.8. The number of aryl methyl sites for hydroxylation is 1. The second-order valence-corrected chi connectivity index (χ2v) is 4.92. The van der Waals surface area contributed by atoms with Gasteiger partial charge in [0, 0.05) is 0 Å². The smallest absolute Gasteiger partial charge is 0.328 e. The monoisotopic (exact) mass is 283 g/mol. The number of anilines is 1. The van der Waals surface area contributed by atoms with E-state index in [1.807, 2.05) is 18.2 Å². The van der Waals surface area contributed by atoms with Gasteiger partial charge in [-0.1, -0.05) is 44.0 Å². The third-order valence-electron chi connectivity index (χ3n) is 2.94. The van der Waals surface area contributed by atoms with Gasteiger partial charge in [0.1, 0.15) is 6.04 Å². The molecule has 1 aromatic carbocycles. The van der Waals surface area contributed by atoms with Crippen molar-refractivity contribution in [3.8, 4) is 0 Å². The van der Waals surface area contributed by atoms with Crippen molar-refractivity contribution >= 4 is 23.3 Å². The van der Waals surface area contributed by atoms with Gasteiger partial charge < -0.3 is 10.1 Å². The highest BCUT2D eigenvalue weighted by molar-refractivity contribution is 6.33. The van der Waals surface area contributed by atoms with Gasteiger partial charge in [0.25, 0.3) is 0 Å². The van der Waals surface area contributed by atoms with E-state index in [0.717, 1.165) is 30.5 Å². The Labute approximate surface area is 120 Å². The molecule has 0 aliphatic carbocycles. The molecule has 0 amide bonds. The first-order valence-corrected chi connectivity index (χ1v) is 7.18. The Morgan fingerprint density at radius 1 is 1.42 bits per heavy atom. The number of hydrogen-bond donors (Lipinski definition) is 1. The summed E-state index contributed by atoms with van der Waals surface area (Å²) in [6, 6.07) is 5.33. The van der Waals surface area contributed by atoms with Gasteiger partial charge in [-0.2, -0.15) is 0 Å². The van der Waals surface area contributed by atoms with Gasteiger partial charge in [-0.15, -0.1) is 0 Å². The number of carbonyl (C=O) groups is 1. The molecule has 0 radical (unpaired) electrons. The molecule has 1 rings (SSSR count). The molecule has 0 saturated heterocycles. The summed E-state index contributed by atoms with van der Waals surface area (Å²) in [4.78, 5) is 11.8. The minimum Gasteiger partial charge on any atom is -0.464 e. The van der Waals surface area contributed by atoms with Crippen molar-refractivity contribution in [3.05, 3.63) is 28.8 Å². The van der Waals surface area contributed by atoms with Crippen LogP contribution < -0.4 is 5.32 Å². The largest absolute Gasteiger partial charge is 0.464 e. The SMILES string of the molecule is CCCCOC(=O)C(C)Nc1c(Cl)cccc1CC. The Kier molecular flexibility index (Phi) is 6.71. The summed E-state index contributed by atoms with van der Waals surface area (Å²) in [7, 11) is 0. The maximum Gasteiger partial charge on any atom is 0.328 e. The number of benzene rings is 1. The Morgan fingerprint density at radius 3 is 2.79 bits per heavy atom. The number of carbonyl (C=O) groups excluding carboxylic acids is 1. The molecule has 0 bridgehead atoms. The summed E-state index contributed by atoms with van der Waals surface area (Å²) in [5.41, 5.74) is 1.92. The highest BCUT2D eigenvalue weighted by Crippen LogP contribution is 2.27. The molecule has 1 atom stereocenters. The topological polar surface area (TPSA) is 38.3 Å². The zero-order chi connectivity index (χ0) is 14.3. The lowest BCUT2D eigenvalue weighted by Crippen LogP contribution is -2.29. The van der Waals surface area contributed by atoms with E-state index in [-0.39, 0.29) is 5.97 Å². The number of para-hydroxylation sites is 1. The number of unbranched alkanes of at least 4 members (excludes halogenated alkanes) is 1. The summed E-state index contributed by atoms with van der Waals surface area (Å²) in [6.45, 7) is 6.38. The Morgan fingerprint density at radius 2 is 2.16 bits per heavy atom. The fraction of sp³-hybridized carbons (Fsp3) is 0.533. The van der Waals surface area contributed by atoms with Crippen LogP contribution in [-0.4, -0.2) is 18.6 Å². The summed E-state index contributed by atoms with van der Waals surface area (Å²) >= 11 is 6.17. The average Bonchev–Trinajstić information content (AvgIpc) is 2.41. The lowest BCUT2D eigenvalue weighted by Gasteiger charge is -2.18. The molecule has 4 heteroatoms. The van der Waals surface area contributed by atoms with Crippen molar-refractivity contribution in [2.75, 3.05) is 11.9 Å². The molecular formula is C15H22ClNO2. The molecule has 0 fully saturated rings. The molecule has 0 aliphatic heterocycles. The predicted molar refractivity (Wildman–Crippen MR) is 79.8 cm³/mol. The van der Waals surface area contributed by atoms with E-state index in [9.17, 15) is 4.79 Å². The van der Waals surface area contributed by atoms with E-state index in [1.165, 1.54) is 0 Å². The molecule has 0 heterocycles. The van der Waals surface area contributed by atoms with Gasteiger partial charge in [-0.3, -0.25) is 0 Å². The minimum atomic E-state index is -0.401. The zero-order valence-electron chi connectivity index (χ0n) is 11.8. The van der Waals surface area contributed by atoms with Crippen LogP contribution in [-0.2, 0) is 16.0 Å². The van der Waals surface area contributed by atoms with E-state index in [4.69, 9.17) is 16.3 Å². The third kappa shape index (κ3) is 4.75. The standard InChI is InChI=1S/C15H22ClNO2/c1-4-6-10-19-15(18)11(3)17-14-12(5-2)8-7-9-13(14)16/h7-9,11,17H,4-6,10H2,1-3H3. The van der Waals surface area contributed by atoms with Crippen molar-refractivity contribution in [1.29, 1.82) is 0 Å². The molecular weight excluding hydrogens is 262 g/mol. The Bertz CT molecular complexity index is 421. The van der Waals surface area contributed by atoms with Crippen LogP contribution in [0.25, 0.3) is 0 Å². The Balaban J connectivity index is 2.66. The molecule has 0 spiro atoms. The number of esters is 1. The van der Waals surface area contributed by atoms with Crippen molar-refractivity contribution in [3.63, 3.8) is 0 Å². The third-order valence-corrected chi connectivity index (χ3v) is 3.25. The van der Waals surface area contributed by atoms with Crippen molar-refractivity contribution < 1.29 is 9.53 Å². The summed E-state index contributed by atoms with van der Waals surface area (Å²) in [6.07, 6.45) is 2.77. The molecule has 106 valence electrons. The van der Waals surface area contributed by atoms with Crippen molar-refractivity contribution in [2.45, 2.75) is 46.1 Å². The quantitative estimate of drug-likeness (QED) is 0.606. The highest BCUT2D eigenvalue weighted by Gasteiger charge is 2.16. The maximum absolute atomic E-state index is 11.8. The minimum absolute atomic E-state index is 0.240. The molecule has 1 aromatic rings. The lowest BCUT2D eigenvalue weighted by atomic mass is 10.1. The maximum atomic E-state index is 11.8. The molecule has 0 saturated carbocycles. The van der Waals surface area contributed by atoms with E-state index in [0.29, 0.717) is 11.6 Å². The number of hydrogen-bond acceptors (Lipinski definition) is 3. The lowest BCUT2D eigenvalue weighted by molar-refractivity contribution is -0.144. The van der Waals surface area contributed by atoms with Crippen LogP contribution in [0.2, 0.25) is 5.02 Å². The van der Waals surface area contributed by atoms with Crippen LogP contribution in [0, 0.1) is 0 Å². The number of rotatable bonds is 7. The predicted octanol–water partition coefficient (Wildman–Crippen LogP) is 4.05. The average molecular weight is 284 g/mol. The summed E-state index contributed by atoms with van der Waals surface area (Å²) in [5, 5.41) is 3.78. The van der Waals surface area contributed by atoms with Crippen LogP contribution in [0.1, 0.15) is 39.2 Å². The van der Waals surface area contributed by atoms with E-state index in [1.54, 1.807) is 6.92 Å². The van der Waals surface area contributed by atoms with Gasteiger partial charge in [-0.25, -0.2) is 4.79 Å². The second-order valence-electron chi connectivity index (χ2n) is 4.51. The molecule has 1 N–H and O–H groups in total. The molecule has 3 nitrogen and oxygen atoms in total. The van der Waals surface area contributed by atoms with Gasteiger partial charge in [-0.05, 0) is 31.4 Å². The summed E-state index contributed by atoms with van der Waals surface area (Å²) in [5.74, 6) is -0.240. The normalized spacial score (nSPS) is 12.0. The molecule has 1 unspecified atom stereocenters. The zero-order valence-corrected chi connectivity index (χ0v) is 12.6. The van der Waals surface area contributed by atoms with Gasteiger partial charge >= 0.3 is 5.97 Å². The van der Waals surface area contributed by atoms with Crippen LogP contribution in [0.4, 0.5) is 5.69 Å². The van der Waals surface area contributed by atoms with Crippen LogP contribution >= 0.6 is 11.6 Å². The summed E-state index contributed by atoms with van der Waals surface area (Å²) < 4.78 is 5.19.